The van der Waals surface area contributed by atoms with E-state index in [1.807, 2.05) is 30.3 Å². The molecule has 4 amide bonds. The summed E-state index contributed by atoms with van der Waals surface area (Å²) in [5, 5.41) is 9.82. The number of phenolic OH excluding ortho intramolecular Hbond substituents is 1. The molecule has 0 spiro atoms. The van der Waals surface area contributed by atoms with Crippen LogP contribution in [0, 0.1) is 23.6 Å². The lowest BCUT2D eigenvalue weighted by Gasteiger charge is -2.50. The molecule has 2 saturated heterocycles. The number of amides is 4. The Labute approximate surface area is 241 Å². The van der Waals surface area contributed by atoms with Gasteiger partial charge in [-0.2, -0.15) is 0 Å². The Hall–Kier alpha value is -2.75. The van der Waals surface area contributed by atoms with Crippen LogP contribution in [0.4, 0.5) is 4.39 Å². The fourth-order valence-electron chi connectivity index (χ4n) is 6.82. The minimum atomic E-state index is -2.02. The highest BCUT2D eigenvalue weighted by Crippen LogP contribution is 2.65. The summed E-state index contributed by atoms with van der Waals surface area (Å²) in [5.41, 5.74) is 1.44. The third-order valence-corrected chi connectivity index (χ3v) is 10.5. The molecule has 7 nitrogen and oxygen atoms in total. The molecule has 1 saturated carbocycles. The highest BCUT2D eigenvalue weighted by molar-refractivity contribution is 9.09. The van der Waals surface area contributed by atoms with Gasteiger partial charge in [-0.15, -0.1) is 23.2 Å². The Kier molecular flexibility index (Phi) is 6.21. The van der Waals surface area contributed by atoms with Crippen LogP contribution in [-0.4, -0.2) is 53.7 Å². The number of hydrogen-bond acceptors (Lipinski definition) is 5. The summed E-state index contributed by atoms with van der Waals surface area (Å²) < 4.78 is 14.6. The smallest absolute Gasteiger partial charge is 0.254 e. The number of phenols is 1. The predicted octanol–water partition coefficient (Wildman–Crippen LogP) is 4.44. The molecule has 2 aliphatic carbocycles. The number of nitrogens with zero attached hydrogens (tertiary/aromatic N) is 2. The van der Waals surface area contributed by atoms with Crippen molar-refractivity contribution >= 4 is 62.8 Å². The predicted molar refractivity (Wildman–Crippen MR) is 143 cm³/mol. The van der Waals surface area contributed by atoms with Crippen molar-refractivity contribution in [2.24, 2.45) is 17.8 Å². The standard InChI is InChI=1S/C28H22BrCl2FN2O5/c29-13-34-25(38)27(30)11-18-16(22(28(27,31)26(34)39)15-6-9-20(35)19(32)10-15)7-8-17-21(18)24(37)33(23(17)36)12-14-4-2-1-3-5-14/h1-7,9-10,17-18,21-22,35H,8,11-13H2/t17-,18+,21-,22-,27+,28-/m0/s1. The van der Waals surface area contributed by atoms with E-state index in [0.717, 1.165) is 22.6 Å². The lowest BCUT2D eigenvalue weighted by atomic mass is 9.56. The van der Waals surface area contributed by atoms with E-state index < -0.39 is 56.8 Å². The van der Waals surface area contributed by atoms with Crippen molar-refractivity contribution in [3.63, 3.8) is 0 Å². The second kappa shape index (κ2) is 9.14. The minimum absolute atomic E-state index is 0.112. The van der Waals surface area contributed by atoms with Crippen molar-refractivity contribution in [1.82, 2.24) is 9.80 Å². The number of likely N-dealkylation sites (tertiary alicyclic amines) is 2. The molecule has 1 N–H and O–H groups in total. The Morgan fingerprint density at radius 1 is 0.974 bits per heavy atom. The topological polar surface area (TPSA) is 95.0 Å². The van der Waals surface area contributed by atoms with Crippen LogP contribution in [0.1, 0.15) is 29.9 Å². The number of alkyl halides is 3. The van der Waals surface area contributed by atoms with Crippen molar-refractivity contribution in [2.75, 3.05) is 5.45 Å². The average Bonchev–Trinajstić information content (AvgIpc) is 3.24. The van der Waals surface area contributed by atoms with Gasteiger partial charge in [0, 0.05) is 5.92 Å². The van der Waals surface area contributed by atoms with Gasteiger partial charge in [-0.25, -0.2) is 4.39 Å². The summed E-state index contributed by atoms with van der Waals surface area (Å²) in [6, 6.07) is 12.8. The number of imide groups is 2. The normalized spacial score (nSPS) is 33.7. The first kappa shape index (κ1) is 26.5. The number of allylic oxidation sites excluding steroid dienone is 2. The maximum absolute atomic E-state index is 14.6. The lowest BCUT2D eigenvalue weighted by molar-refractivity contribution is -0.141. The van der Waals surface area contributed by atoms with Crippen LogP contribution in [0.3, 0.4) is 0 Å². The van der Waals surface area contributed by atoms with E-state index in [1.165, 1.54) is 11.0 Å². The van der Waals surface area contributed by atoms with Gasteiger partial charge in [0.2, 0.25) is 11.8 Å². The van der Waals surface area contributed by atoms with Crippen molar-refractivity contribution in [1.29, 1.82) is 0 Å². The lowest BCUT2D eigenvalue weighted by Crippen LogP contribution is -2.60. The molecule has 11 heteroatoms. The van der Waals surface area contributed by atoms with Crippen molar-refractivity contribution in [3.8, 4) is 5.75 Å². The largest absolute Gasteiger partial charge is 0.505 e. The summed E-state index contributed by atoms with van der Waals surface area (Å²) in [6.45, 7) is 0.112. The van der Waals surface area contributed by atoms with Crippen LogP contribution in [0.25, 0.3) is 0 Å². The van der Waals surface area contributed by atoms with Crippen LogP contribution in [0.5, 0.6) is 5.75 Å². The molecular formula is C28H22BrCl2FN2O5. The number of fused-ring (bicyclic) bond motifs is 4. The quantitative estimate of drug-likeness (QED) is 0.232. The van der Waals surface area contributed by atoms with Crippen molar-refractivity contribution in [3.05, 3.63) is 77.1 Å². The fourth-order valence-corrected chi connectivity index (χ4v) is 8.24. The molecule has 6 rings (SSSR count). The third-order valence-electron chi connectivity index (χ3n) is 8.59. The van der Waals surface area contributed by atoms with Crippen molar-refractivity contribution in [2.45, 2.75) is 35.1 Å². The Morgan fingerprint density at radius 3 is 2.36 bits per heavy atom. The number of benzene rings is 2. The van der Waals surface area contributed by atoms with Gasteiger partial charge < -0.3 is 5.11 Å². The highest BCUT2D eigenvalue weighted by Gasteiger charge is 2.76. The number of carbonyl (C=O) groups excluding carboxylic acids is 4. The maximum Gasteiger partial charge on any atom is 0.254 e. The van der Waals surface area contributed by atoms with E-state index in [-0.39, 0.29) is 42.2 Å². The second-order valence-electron chi connectivity index (χ2n) is 10.4. The molecule has 0 bridgehead atoms. The Morgan fingerprint density at radius 2 is 1.69 bits per heavy atom. The molecule has 0 unspecified atom stereocenters. The van der Waals surface area contributed by atoms with E-state index in [2.05, 4.69) is 15.9 Å². The number of rotatable bonds is 4. The molecule has 2 heterocycles. The molecule has 6 atom stereocenters. The Balaban J connectivity index is 1.48. The van der Waals surface area contributed by atoms with E-state index in [4.69, 9.17) is 23.2 Å². The molecule has 2 aromatic rings. The summed E-state index contributed by atoms with van der Waals surface area (Å²) in [4.78, 5) is 52.7. The number of carbonyl (C=O) groups is 4. The molecule has 3 fully saturated rings. The summed E-state index contributed by atoms with van der Waals surface area (Å²) in [7, 11) is 0. The maximum atomic E-state index is 14.6. The third kappa shape index (κ3) is 3.52. The summed E-state index contributed by atoms with van der Waals surface area (Å²) in [6.07, 6.45) is 1.86. The molecule has 0 aromatic heterocycles. The molecule has 39 heavy (non-hydrogen) atoms. The van der Waals surface area contributed by atoms with Crippen LogP contribution in [-0.2, 0) is 25.7 Å². The zero-order valence-corrected chi connectivity index (χ0v) is 23.4. The number of aromatic hydroxyl groups is 1. The molecule has 0 radical (unpaired) electrons. The van der Waals surface area contributed by atoms with Gasteiger partial charge in [-0.05, 0) is 42.0 Å². The molecular weight excluding hydrogens is 614 g/mol. The van der Waals surface area contributed by atoms with Crippen LogP contribution >= 0.6 is 39.1 Å². The van der Waals surface area contributed by atoms with Gasteiger partial charge in [0.05, 0.1) is 23.8 Å². The van der Waals surface area contributed by atoms with E-state index in [9.17, 15) is 28.7 Å². The zero-order chi connectivity index (χ0) is 27.9. The van der Waals surface area contributed by atoms with Gasteiger partial charge in [-0.1, -0.05) is 64.0 Å². The van der Waals surface area contributed by atoms with Gasteiger partial charge in [0.15, 0.2) is 21.3 Å². The fraction of sp³-hybridized carbons (Fsp3) is 0.357. The van der Waals surface area contributed by atoms with Gasteiger partial charge in [0.1, 0.15) is 0 Å². The monoisotopic (exact) mass is 634 g/mol. The van der Waals surface area contributed by atoms with E-state index in [1.54, 1.807) is 6.08 Å². The van der Waals surface area contributed by atoms with Gasteiger partial charge >= 0.3 is 0 Å². The van der Waals surface area contributed by atoms with E-state index in [0.29, 0.717) is 5.57 Å². The zero-order valence-electron chi connectivity index (χ0n) is 20.3. The number of hydrogen-bond donors (Lipinski definition) is 1. The number of halogens is 4. The highest BCUT2D eigenvalue weighted by atomic mass is 79.9. The average molecular weight is 636 g/mol. The van der Waals surface area contributed by atoms with E-state index >= 15 is 0 Å². The van der Waals surface area contributed by atoms with Crippen LogP contribution in [0.15, 0.2) is 60.2 Å². The summed E-state index contributed by atoms with van der Waals surface area (Å²) >= 11 is 17.4. The van der Waals surface area contributed by atoms with Crippen LogP contribution in [0.2, 0.25) is 0 Å². The second-order valence-corrected chi connectivity index (χ2v) is 12.2. The SMILES string of the molecule is O=C1[C@H]2[C@H](CC=C3[C@H]2C[C@@]2(Cl)C(=O)N(CBr)C(=O)[C@@]2(Cl)[C@H]3c2ccc(O)c(F)c2)C(=O)N1Cc1ccccc1. The van der Waals surface area contributed by atoms with Crippen LogP contribution < -0.4 is 0 Å². The van der Waals surface area contributed by atoms with Crippen molar-refractivity contribution < 1.29 is 28.7 Å². The Bertz CT molecular complexity index is 1470. The molecule has 4 aliphatic rings. The minimum Gasteiger partial charge on any atom is -0.505 e. The van der Waals surface area contributed by atoms with Gasteiger partial charge in [0.25, 0.3) is 11.8 Å². The molecule has 2 aromatic carbocycles. The first-order valence-electron chi connectivity index (χ1n) is 12.4. The first-order valence-corrected chi connectivity index (χ1v) is 14.3. The molecule has 2 aliphatic heterocycles. The van der Waals surface area contributed by atoms with Gasteiger partial charge in [-0.3, -0.25) is 29.0 Å². The molecule has 202 valence electrons. The first-order chi connectivity index (χ1) is 18.5. The summed E-state index contributed by atoms with van der Waals surface area (Å²) in [5.74, 6) is -6.91.